The highest BCUT2D eigenvalue weighted by Gasteiger charge is 2.46. The zero-order valence-electron chi connectivity index (χ0n) is 7.94. The van der Waals surface area contributed by atoms with E-state index in [2.05, 4.69) is 6.92 Å². The van der Waals surface area contributed by atoms with Gasteiger partial charge in [0.05, 0.1) is 0 Å². The molecule has 0 N–H and O–H groups in total. The number of carbonyl (C=O) groups excluding carboxylic acids is 1. The molecule has 2 saturated carbocycles. The summed E-state index contributed by atoms with van der Waals surface area (Å²) in [7, 11) is 0. The van der Waals surface area contributed by atoms with Gasteiger partial charge in [-0.2, -0.15) is 0 Å². The topological polar surface area (TPSA) is 17.1 Å². The summed E-state index contributed by atoms with van der Waals surface area (Å²) in [5.74, 6) is 1.25. The Labute approximate surface area is 74.5 Å². The van der Waals surface area contributed by atoms with Crippen LogP contribution in [0, 0.1) is 11.3 Å². The van der Waals surface area contributed by atoms with E-state index in [1.807, 2.05) is 0 Å². The Balaban J connectivity index is 2.21. The summed E-state index contributed by atoms with van der Waals surface area (Å²) < 4.78 is 0. The molecule has 1 spiro atoms. The lowest BCUT2D eigenvalue weighted by Crippen LogP contribution is -2.36. The van der Waals surface area contributed by atoms with E-state index >= 15 is 0 Å². The molecule has 2 fully saturated rings. The Morgan fingerprint density at radius 2 is 2.00 bits per heavy atom. The molecule has 0 aliphatic heterocycles. The van der Waals surface area contributed by atoms with Crippen molar-refractivity contribution in [2.45, 2.75) is 51.9 Å². The number of hydrogen-bond acceptors (Lipinski definition) is 1. The molecule has 0 saturated heterocycles. The number of rotatable bonds is 0. The van der Waals surface area contributed by atoms with E-state index in [1.54, 1.807) is 0 Å². The van der Waals surface area contributed by atoms with E-state index in [0.717, 1.165) is 12.8 Å². The van der Waals surface area contributed by atoms with Gasteiger partial charge in [0.2, 0.25) is 0 Å². The van der Waals surface area contributed by atoms with E-state index in [0.29, 0.717) is 11.7 Å². The van der Waals surface area contributed by atoms with Gasteiger partial charge in [-0.3, -0.25) is 4.79 Å². The van der Waals surface area contributed by atoms with Gasteiger partial charge in [0.15, 0.2) is 0 Å². The molecule has 0 radical (unpaired) electrons. The van der Waals surface area contributed by atoms with Gasteiger partial charge >= 0.3 is 0 Å². The summed E-state index contributed by atoms with van der Waals surface area (Å²) in [6, 6.07) is 0. The van der Waals surface area contributed by atoms with Crippen LogP contribution in [0.15, 0.2) is 0 Å². The van der Waals surface area contributed by atoms with E-state index in [-0.39, 0.29) is 5.41 Å². The molecule has 0 aromatic carbocycles. The van der Waals surface area contributed by atoms with Gasteiger partial charge in [-0.25, -0.2) is 0 Å². The molecule has 0 amide bonds. The van der Waals surface area contributed by atoms with Crippen LogP contribution in [0.4, 0.5) is 0 Å². The van der Waals surface area contributed by atoms with Crippen molar-refractivity contribution in [3.8, 4) is 0 Å². The number of Topliss-reactive ketones (excluding diaryl/α,β-unsaturated/α-hetero) is 1. The second-order valence-corrected chi connectivity index (χ2v) is 4.58. The molecule has 2 unspecified atom stereocenters. The molecule has 12 heavy (non-hydrogen) atoms. The highest BCUT2D eigenvalue weighted by Crippen LogP contribution is 2.50. The molecular formula is C11H18O. The van der Waals surface area contributed by atoms with Gasteiger partial charge in [0, 0.05) is 11.8 Å². The van der Waals surface area contributed by atoms with Crippen LogP contribution in [-0.4, -0.2) is 5.78 Å². The SMILES string of the molecule is CC1CCCC12CCCCC2=O. The summed E-state index contributed by atoms with van der Waals surface area (Å²) in [4.78, 5) is 11.8. The molecular weight excluding hydrogens is 148 g/mol. The second-order valence-electron chi connectivity index (χ2n) is 4.58. The largest absolute Gasteiger partial charge is 0.299 e. The number of ketones is 1. The molecule has 2 rings (SSSR count). The van der Waals surface area contributed by atoms with Gasteiger partial charge in [-0.15, -0.1) is 0 Å². The van der Waals surface area contributed by atoms with E-state index in [9.17, 15) is 4.79 Å². The van der Waals surface area contributed by atoms with Crippen molar-refractivity contribution in [2.24, 2.45) is 11.3 Å². The fraction of sp³-hybridized carbons (Fsp3) is 0.909. The predicted molar refractivity (Wildman–Crippen MR) is 48.9 cm³/mol. The molecule has 0 aromatic heterocycles. The highest BCUT2D eigenvalue weighted by atomic mass is 16.1. The quantitative estimate of drug-likeness (QED) is 0.540. The first-order valence-corrected chi connectivity index (χ1v) is 5.29. The van der Waals surface area contributed by atoms with Crippen molar-refractivity contribution >= 4 is 5.78 Å². The van der Waals surface area contributed by atoms with Crippen molar-refractivity contribution in [3.05, 3.63) is 0 Å². The molecule has 2 aliphatic carbocycles. The Bertz CT molecular complexity index is 197. The third-order valence-electron chi connectivity index (χ3n) is 4.04. The maximum absolute atomic E-state index is 11.8. The predicted octanol–water partition coefficient (Wildman–Crippen LogP) is 2.94. The van der Waals surface area contributed by atoms with Gasteiger partial charge < -0.3 is 0 Å². The minimum atomic E-state index is 0.151. The average molecular weight is 166 g/mol. The van der Waals surface area contributed by atoms with Crippen LogP contribution in [-0.2, 0) is 4.79 Å². The average Bonchev–Trinajstić information content (AvgIpc) is 2.41. The first-order chi connectivity index (χ1) is 5.76. The lowest BCUT2D eigenvalue weighted by molar-refractivity contribution is -0.133. The maximum Gasteiger partial charge on any atom is 0.139 e. The monoisotopic (exact) mass is 166 g/mol. The minimum absolute atomic E-state index is 0.151. The third kappa shape index (κ3) is 1.02. The normalized spacial score (nSPS) is 42.4. The van der Waals surface area contributed by atoms with Crippen LogP contribution < -0.4 is 0 Å². The molecule has 2 atom stereocenters. The van der Waals surface area contributed by atoms with Crippen molar-refractivity contribution in [1.82, 2.24) is 0 Å². The first kappa shape index (κ1) is 8.28. The van der Waals surface area contributed by atoms with Crippen molar-refractivity contribution in [3.63, 3.8) is 0 Å². The molecule has 2 aliphatic rings. The van der Waals surface area contributed by atoms with Gasteiger partial charge in [0.25, 0.3) is 0 Å². The highest BCUT2D eigenvalue weighted by molar-refractivity contribution is 5.86. The van der Waals surface area contributed by atoms with Crippen LogP contribution in [0.3, 0.4) is 0 Å². The summed E-state index contributed by atoms with van der Waals surface area (Å²) in [6.07, 6.45) is 8.24. The second kappa shape index (κ2) is 2.86. The molecule has 1 nitrogen and oxygen atoms in total. The number of hydrogen-bond donors (Lipinski definition) is 0. The lowest BCUT2D eigenvalue weighted by Gasteiger charge is -2.35. The Kier molecular flexibility index (Phi) is 1.97. The molecule has 0 bridgehead atoms. The fourth-order valence-electron chi connectivity index (χ4n) is 3.15. The first-order valence-electron chi connectivity index (χ1n) is 5.29. The Hall–Kier alpha value is -0.330. The van der Waals surface area contributed by atoms with Gasteiger partial charge in [0.1, 0.15) is 5.78 Å². The van der Waals surface area contributed by atoms with Crippen molar-refractivity contribution in [1.29, 1.82) is 0 Å². The molecule has 0 aromatic rings. The Morgan fingerprint density at radius 1 is 1.25 bits per heavy atom. The zero-order chi connectivity index (χ0) is 8.60. The van der Waals surface area contributed by atoms with Crippen LogP contribution in [0.2, 0.25) is 0 Å². The summed E-state index contributed by atoms with van der Waals surface area (Å²) in [5, 5.41) is 0. The number of carbonyl (C=O) groups is 1. The van der Waals surface area contributed by atoms with E-state index in [1.165, 1.54) is 32.1 Å². The summed E-state index contributed by atoms with van der Waals surface area (Å²) in [6.45, 7) is 2.27. The smallest absolute Gasteiger partial charge is 0.139 e. The minimum Gasteiger partial charge on any atom is -0.299 e. The van der Waals surface area contributed by atoms with Crippen LogP contribution in [0.1, 0.15) is 51.9 Å². The van der Waals surface area contributed by atoms with Gasteiger partial charge in [-0.1, -0.05) is 19.8 Å². The standard InChI is InChI=1S/C11H18O/c1-9-5-4-8-11(9)7-3-2-6-10(11)12/h9H,2-8H2,1H3. The van der Waals surface area contributed by atoms with Gasteiger partial charge in [-0.05, 0) is 31.6 Å². The van der Waals surface area contributed by atoms with Crippen molar-refractivity contribution in [2.75, 3.05) is 0 Å². The summed E-state index contributed by atoms with van der Waals surface area (Å²) in [5.41, 5.74) is 0.151. The van der Waals surface area contributed by atoms with E-state index in [4.69, 9.17) is 0 Å². The zero-order valence-corrected chi connectivity index (χ0v) is 7.94. The maximum atomic E-state index is 11.8. The summed E-state index contributed by atoms with van der Waals surface area (Å²) >= 11 is 0. The lowest BCUT2D eigenvalue weighted by atomic mass is 9.67. The molecule has 0 heterocycles. The third-order valence-corrected chi connectivity index (χ3v) is 4.04. The molecule has 68 valence electrons. The van der Waals surface area contributed by atoms with Crippen molar-refractivity contribution < 1.29 is 4.79 Å². The van der Waals surface area contributed by atoms with E-state index < -0.39 is 0 Å². The fourth-order valence-corrected chi connectivity index (χ4v) is 3.15. The Morgan fingerprint density at radius 3 is 2.58 bits per heavy atom. The van der Waals surface area contributed by atoms with Crippen LogP contribution in [0.5, 0.6) is 0 Å². The molecule has 1 heteroatoms. The van der Waals surface area contributed by atoms with Crippen LogP contribution >= 0.6 is 0 Å². The van der Waals surface area contributed by atoms with Crippen LogP contribution in [0.25, 0.3) is 0 Å².